The van der Waals surface area contributed by atoms with Crippen molar-refractivity contribution in [3.63, 3.8) is 0 Å². The molecule has 0 radical (unpaired) electrons. The van der Waals surface area contributed by atoms with Crippen molar-refractivity contribution in [2.45, 2.75) is 6.92 Å². The SMILES string of the molecule is CCS(=O)(=O)n1oc(=O)c2ccc(C(=O)O)cc21. The molecule has 0 saturated heterocycles. The molecule has 7 nitrogen and oxygen atoms in total. The lowest BCUT2D eigenvalue weighted by Crippen LogP contribution is -2.14. The van der Waals surface area contributed by atoms with E-state index < -0.39 is 21.6 Å². The summed E-state index contributed by atoms with van der Waals surface area (Å²) in [6.07, 6.45) is 0. The van der Waals surface area contributed by atoms with Gasteiger partial charge in [0.1, 0.15) is 5.52 Å². The Morgan fingerprint density at radius 1 is 1.44 bits per heavy atom. The number of aromatic nitrogens is 1. The van der Waals surface area contributed by atoms with Crippen molar-refractivity contribution < 1.29 is 22.8 Å². The Hall–Kier alpha value is -2.09. The first-order valence-corrected chi connectivity index (χ1v) is 6.60. The molecular weight excluding hydrogens is 262 g/mol. The lowest BCUT2D eigenvalue weighted by Gasteiger charge is -2.01. The number of carboxylic acid groups (broad SMARTS) is 1. The number of fused-ring (bicyclic) bond motifs is 1. The van der Waals surface area contributed by atoms with E-state index in [1.54, 1.807) is 0 Å². The van der Waals surface area contributed by atoms with E-state index in [-0.39, 0.29) is 22.2 Å². The van der Waals surface area contributed by atoms with Gasteiger partial charge in [-0.15, -0.1) is 0 Å². The standard InChI is InChI=1S/C10H9NO6S/c1-2-18(15,16)11-8-5-6(9(12)13)3-4-7(8)10(14)17-11/h3-5H,2H2,1H3,(H,12,13). The number of carboxylic acids is 1. The highest BCUT2D eigenvalue weighted by Crippen LogP contribution is 2.16. The molecule has 0 atom stereocenters. The van der Waals surface area contributed by atoms with Crippen LogP contribution < -0.4 is 5.63 Å². The normalized spacial score (nSPS) is 11.8. The van der Waals surface area contributed by atoms with Crippen molar-refractivity contribution in [1.82, 2.24) is 4.15 Å². The molecule has 1 heterocycles. The van der Waals surface area contributed by atoms with Gasteiger partial charge in [-0.25, -0.2) is 18.0 Å². The van der Waals surface area contributed by atoms with Crippen molar-refractivity contribution in [3.05, 3.63) is 34.2 Å². The van der Waals surface area contributed by atoms with Crippen LogP contribution in [0.15, 0.2) is 27.5 Å². The van der Waals surface area contributed by atoms with Gasteiger partial charge in [-0.05, 0) is 25.1 Å². The monoisotopic (exact) mass is 271 g/mol. The third-order valence-electron chi connectivity index (χ3n) is 2.44. The van der Waals surface area contributed by atoms with E-state index in [4.69, 9.17) is 5.11 Å². The molecule has 96 valence electrons. The topological polar surface area (TPSA) is 107 Å². The summed E-state index contributed by atoms with van der Waals surface area (Å²) in [6.45, 7) is 1.39. The van der Waals surface area contributed by atoms with Gasteiger partial charge in [0, 0.05) is 0 Å². The summed E-state index contributed by atoms with van der Waals surface area (Å²) in [5, 5.41) is 8.86. The van der Waals surface area contributed by atoms with Gasteiger partial charge in [-0.3, -0.25) is 0 Å². The summed E-state index contributed by atoms with van der Waals surface area (Å²) < 4.78 is 28.5. The molecule has 0 amide bonds. The number of rotatable bonds is 3. The van der Waals surface area contributed by atoms with Gasteiger partial charge in [0.05, 0.1) is 16.7 Å². The minimum absolute atomic E-state index is 0.0250. The lowest BCUT2D eigenvalue weighted by atomic mass is 10.2. The second-order valence-electron chi connectivity index (χ2n) is 3.54. The predicted molar refractivity (Wildman–Crippen MR) is 62.3 cm³/mol. The number of benzene rings is 1. The molecule has 18 heavy (non-hydrogen) atoms. The molecule has 8 heteroatoms. The molecule has 0 unspecified atom stereocenters. The second-order valence-corrected chi connectivity index (χ2v) is 5.62. The summed E-state index contributed by atoms with van der Waals surface area (Å²) in [5.41, 5.74) is -1.01. The number of aromatic carboxylic acids is 1. The molecule has 2 aromatic rings. The third kappa shape index (κ3) is 1.80. The van der Waals surface area contributed by atoms with Gasteiger partial charge in [-0.1, -0.05) is 4.15 Å². The van der Waals surface area contributed by atoms with E-state index in [0.29, 0.717) is 4.15 Å². The number of hydrogen-bond donors (Lipinski definition) is 1. The molecule has 0 spiro atoms. The van der Waals surface area contributed by atoms with E-state index in [9.17, 15) is 18.0 Å². The van der Waals surface area contributed by atoms with Crippen LogP contribution in [-0.2, 0) is 10.0 Å². The first-order valence-electron chi connectivity index (χ1n) is 4.99. The van der Waals surface area contributed by atoms with E-state index in [2.05, 4.69) is 4.52 Å². The molecular formula is C10H9NO6S. The second kappa shape index (κ2) is 3.98. The van der Waals surface area contributed by atoms with Gasteiger partial charge >= 0.3 is 11.6 Å². The summed E-state index contributed by atoms with van der Waals surface area (Å²) >= 11 is 0. The number of hydrogen-bond acceptors (Lipinski definition) is 5. The van der Waals surface area contributed by atoms with Crippen molar-refractivity contribution in [3.8, 4) is 0 Å². The summed E-state index contributed by atoms with van der Waals surface area (Å²) in [4.78, 5) is 22.3. The predicted octanol–water partition coefficient (Wildman–Crippen LogP) is 0.490. The van der Waals surface area contributed by atoms with Crippen molar-refractivity contribution in [2.75, 3.05) is 5.75 Å². The van der Waals surface area contributed by atoms with Crippen LogP contribution in [0.25, 0.3) is 10.9 Å². The zero-order valence-corrected chi connectivity index (χ0v) is 10.1. The van der Waals surface area contributed by atoms with E-state index in [1.165, 1.54) is 19.1 Å². The van der Waals surface area contributed by atoms with Crippen LogP contribution >= 0.6 is 0 Å². The quantitative estimate of drug-likeness (QED) is 0.870. The fraction of sp³-hybridized carbons (Fsp3) is 0.200. The lowest BCUT2D eigenvalue weighted by molar-refractivity contribution is 0.0697. The van der Waals surface area contributed by atoms with E-state index >= 15 is 0 Å². The Bertz CT molecular complexity index is 782. The number of nitrogens with zero attached hydrogens (tertiary/aromatic N) is 1. The molecule has 0 fully saturated rings. The number of carbonyl (C=O) groups is 1. The highest BCUT2D eigenvalue weighted by molar-refractivity contribution is 7.89. The molecule has 0 aliphatic carbocycles. The average molecular weight is 271 g/mol. The van der Waals surface area contributed by atoms with E-state index in [1.807, 2.05) is 0 Å². The maximum absolute atomic E-state index is 11.7. The summed E-state index contributed by atoms with van der Waals surface area (Å²) in [5.74, 6) is -1.48. The average Bonchev–Trinajstić information content (AvgIpc) is 2.67. The Balaban J connectivity index is 2.88. The van der Waals surface area contributed by atoms with Crippen LogP contribution in [0, 0.1) is 0 Å². The molecule has 1 aromatic carbocycles. The maximum atomic E-state index is 11.7. The van der Waals surface area contributed by atoms with Crippen molar-refractivity contribution in [2.24, 2.45) is 0 Å². The van der Waals surface area contributed by atoms with Gasteiger partial charge < -0.3 is 9.63 Å². The van der Waals surface area contributed by atoms with Crippen molar-refractivity contribution in [1.29, 1.82) is 0 Å². The zero-order valence-electron chi connectivity index (χ0n) is 9.28. The third-order valence-corrected chi connectivity index (χ3v) is 3.95. The molecule has 0 aliphatic rings. The highest BCUT2D eigenvalue weighted by Gasteiger charge is 2.20. The smallest absolute Gasteiger partial charge is 0.366 e. The Kier molecular flexibility index (Phi) is 2.74. The van der Waals surface area contributed by atoms with Crippen LogP contribution in [0.4, 0.5) is 0 Å². The highest BCUT2D eigenvalue weighted by atomic mass is 32.2. The van der Waals surface area contributed by atoms with Crippen LogP contribution in [-0.4, -0.2) is 29.4 Å². The Morgan fingerprint density at radius 2 is 2.11 bits per heavy atom. The molecule has 0 saturated carbocycles. The van der Waals surface area contributed by atoms with Crippen LogP contribution in [0.2, 0.25) is 0 Å². The first-order chi connectivity index (χ1) is 8.36. The van der Waals surface area contributed by atoms with Crippen LogP contribution in [0.1, 0.15) is 17.3 Å². The van der Waals surface area contributed by atoms with Gasteiger partial charge in [0.15, 0.2) is 0 Å². The molecule has 0 bridgehead atoms. The van der Waals surface area contributed by atoms with Crippen molar-refractivity contribution >= 4 is 26.9 Å². The fourth-order valence-corrected chi connectivity index (χ4v) is 2.35. The minimum atomic E-state index is -3.79. The van der Waals surface area contributed by atoms with Gasteiger partial charge in [0.2, 0.25) is 0 Å². The molecule has 1 N–H and O–H groups in total. The van der Waals surface area contributed by atoms with Gasteiger partial charge in [-0.2, -0.15) is 0 Å². The molecule has 0 aliphatic heterocycles. The van der Waals surface area contributed by atoms with Crippen LogP contribution in [0.3, 0.4) is 0 Å². The van der Waals surface area contributed by atoms with E-state index in [0.717, 1.165) is 6.07 Å². The van der Waals surface area contributed by atoms with Crippen LogP contribution in [0.5, 0.6) is 0 Å². The summed E-state index contributed by atoms with van der Waals surface area (Å²) in [7, 11) is -3.79. The minimum Gasteiger partial charge on any atom is -0.478 e. The first kappa shape index (κ1) is 12.4. The molecule has 2 rings (SSSR count). The molecule has 1 aromatic heterocycles. The van der Waals surface area contributed by atoms with Gasteiger partial charge in [0.25, 0.3) is 10.0 Å². The fourth-order valence-electron chi connectivity index (χ4n) is 1.49. The summed E-state index contributed by atoms with van der Waals surface area (Å²) in [6, 6.07) is 3.53. The largest absolute Gasteiger partial charge is 0.478 e. The zero-order chi connectivity index (χ0) is 13.5. The maximum Gasteiger partial charge on any atom is 0.366 e. The Labute approximate surface area is 101 Å². The Morgan fingerprint density at radius 3 is 2.67 bits per heavy atom.